The van der Waals surface area contributed by atoms with Gasteiger partial charge in [0, 0.05) is 41.3 Å². The summed E-state index contributed by atoms with van der Waals surface area (Å²) in [6.45, 7) is 48.0. The van der Waals surface area contributed by atoms with Gasteiger partial charge in [-0.05, 0) is 121 Å². The number of allylic oxidation sites excluding steroid dienone is 4. The maximum atomic E-state index is 14.4. The highest BCUT2D eigenvalue weighted by molar-refractivity contribution is 5.75. The van der Waals surface area contributed by atoms with E-state index in [0.29, 0.717) is 29.8 Å². The van der Waals surface area contributed by atoms with Crippen molar-refractivity contribution < 1.29 is 4.39 Å². The average molecular weight is 751 g/mol. The Balaban J connectivity index is -0.00000113. The van der Waals surface area contributed by atoms with Crippen LogP contribution in [-0.2, 0) is 6.54 Å². The summed E-state index contributed by atoms with van der Waals surface area (Å²) in [6.07, 6.45) is 19.4. The first-order chi connectivity index (χ1) is 25.6. The van der Waals surface area contributed by atoms with Crippen molar-refractivity contribution in [1.82, 2.24) is 16.0 Å². The topological polar surface area (TPSA) is 59.9 Å². The van der Waals surface area contributed by atoms with Gasteiger partial charge in [0.2, 0.25) is 0 Å². The van der Waals surface area contributed by atoms with Crippen molar-refractivity contribution >= 4 is 5.71 Å². The highest BCUT2D eigenvalue weighted by atomic mass is 19.1. The van der Waals surface area contributed by atoms with Gasteiger partial charge in [-0.25, -0.2) is 4.39 Å². The lowest BCUT2D eigenvalue weighted by Gasteiger charge is -2.38. The van der Waals surface area contributed by atoms with Crippen molar-refractivity contribution in [3.63, 3.8) is 0 Å². The molecule has 4 nitrogen and oxygen atoms in total. The Labute approximate surface area is 336 Å². The third-order valence-electron chi connectivity index (χ3n) is 9.35. The predicted octanol–water partition coefficient (Wildman–Crippen LogP) is 14.5. The van der Waals surface area contributed by atoms with Crippen LogP contribution in [0.25, 0.3) is 0 Å². The highest BCUT2D eigenvalue weighted by Gasteiger charge is 2.31. The number of benzene rings is 1. The molecule has 0 saturated carbocycles. The summed E-state index contributed by atoms with van der Waals surface area (Å²) >= 11 is 0. The first kappa shape index (κ1) is 57.3. The van der Waals surface area contributed by atoms with Crippen LogP contribution in [0.15, 0.2) is 105 Å². The second kappa shape index (κ2) is 36.5. The summed E-state index contributed by atoms with van der Waals surface area (Å²) in [5.74, 6) is 1.02. The number of rotatable bonds is 24. The van der Waals surface area contributed by atoms with Crippen LogP contribution < -0.4 is 16.0 Å². The van der Waals surface area contributed by atoms with Gasteiger partial charge in [0.05, 0.1) is 0 Å². The van der Waals surface area contributed by atoms with Gasteiger partial charge in [-0.1, -0.05) is 117 Å². The van der Waals surface area contributed by atoms with Crippen molar-refractivity contribution in [3.05, 3.63) is 122 Å². The summed E-state index contributed by atoms with van der Waals surface area (Å²) in [4.78, 5) is 0. The fourth-order valence-electron chi connectivity index (χ4n) is 5.51. The molecule has 0 radical (unpaired) electrons. The number of hydrogen-bond acceptors (Lipinski definition) is 4. The molecule has 0 aliphatic heterocycles. The van der Waals surface area contributed by atoms with Gasteiger partial charge in [0.1, 0.15) is 5.82 Å². The zero-order valence-corrected chi connectivity index (χ0v) is 37.5. The molecule has 0 aliphatic carbocycles. The first-order valence-electron chi connectivity index (χ1n) is 20.4. The van der Waals surface area contributed by atoms with Gasteiger partial charge in [-0.2, -0.15) is 0 Å². The van der Waals surface area contributed by atoms with Gasteiger partial charge < -0.3 is 21.4 Å². The van der Waals surface area contributed by atoms with Gasteiger partial charge in [-0.3, -0.25) is 0 Å². The van der Waals surface area contributed by atoms with Gasteiger partial charge >= 0.3 is 0 Å². The molecule has 3 atom stereocenters. The minimum absolute atomic E-state index is 0.189. The molecule has 0 fully saturated rings. The van der Waals surface area contributed by atoms with Gasteiger partial charge in [0.25, 0.3) is 0 Å². The molecule has 0 bridgehead atoms. The molecule has 0 aliphatic rings. The molecule has 5 heteroatoms. The standard InChI is InChI=1S/C40H66FN3.C3H7N.C2H6.2C2H4/c1-12-36(21-19-17-15-14-16-18-20-30(3)4)37(13-2)27-40(10,33(7)23-24-34(8)42-11)44-28-32(6)35(9)43-29-38-25-22-31(5)26-39(38)41;1-3(2)4;3*1-2/h12-13,22,25-26,28,30,33-34,42-44H,1-2,9,14-21,23-24,27,29H2,3-8,10-11H3;4H,1-2H3;1-2H3;2*1-2H2/b32-28+,37-36?;;;;. The van der Waals surface area contributed by atoms with E-state index in [4.69, 9.17) is 5.41 Å². The monoisotopic (exact) mass is 751 g/mol. The molecule has 1 aromatic carbocycles. The fraction of sp³-hybridized carbons (Fsp3) is 0.571. The van der Waals surface area contributed by atoms with E-state index >= 15 is 0 Å². The molecular formula is C49H87FN4. The second-order valence-corrected chi connectivity index (χ2v) is 14.7. The van der Waals surface area contributed by atoms with Crippen LogP contribution in [0.2, 0.25) is 0 Å². The molecule has 0 saturated heterocycles. The van der Waals surface area contributed by atoms with Crippen LogP contribution in [0.1, 0.15) is 151 Å². The van der Waals surface area contributed by atoms with Crippen molar-refractivity contribution in [1.29, 1.82) is 5.41 Å². The Morgan fingerprint density at radius 3 is 1.85 bits per heavy atom. The quantitative estimate of drug-likeness (QED) is 0.0368. The van der Waals surface area contributed by atoms with E-state index in [9.17, 15) is 4.39 Å². The Kier molecular flexibility index (Phi) is 38.8. The van der Waals surface area contributed by atoms with E-state index in [2.05, 4.69) is 103 Å². The van der Waals surface area contributed by atoms with Crippen molar-refractivity contribution in [3.8, 4) is 0 Å². The van der Waals surface area contributed by atoms with E-state index in [1.165, 1.54) is 56.1 Å². The summed E-state index contributed by atoms with van der Waals surface area (Å²) in [6, 6.07) is 5.81. The molecule has 54 heavy (non-hydrogen) atoms. The molecule has 1 aromatic rings. The molecule has 3 unspecified atom stereocenters. The normalized spacial score (nSPS) is 13.2. The molecule has 0 amide bonds. The summed E-state index contributed by atoms with van der Waals surface area (Å²) < 4.78 is 14.4. The summed E-state index contributed by atoms with van der Waals surface area (Å²) in [7, 11) is 2.03. The zero-order valence-electron chi connectivity index (χ0n) is 37.5. The lowest BCUT2D eigenvalue weighted by atomic mass is 9.77. The second-order valence-electron chi connectivity index (χ2n) is 14.7. The van der Waals surface area contributed by atoms with Crippen molar-refractivity contribution in [2.75, 3.05) is 7.05 Å². The largest absolute Gasteiger partial charge is 0.385 e. The molecule has 0 heterocycles. The van der Waals surface area contributed by atoms with Crippen LogP contribution in [0, 0.1) is 30.0 Å². The highest BCUT2D eigenvalue weighted by Crippen LogP contribution is 2.32. The van der Waals surface area contributed by atoms with E-state index in [-0.39, 0.29) is 11.4 Å². The van der Waals surface area contributed by atoms with Crippen LogP contribution in [0.3, 0.4) is 0 Å². The summed E-state index contributed by atoms with van der Waals surface area (Å²) in [5.41, 5.74) is 6.40. The van der Waals surface area contributed by atoms with Crippen LogP contribution in [-0.4, -0.2) is 24.3 Å². The van der Waals surface area contributed by atoms with Crippen molar-refractivity contribution in [2.45, 2.75) is 165 Å². The maximum Gasteiger partial charge on any atom is 0.128 e. The lowest BCUT2D eigenvalue weighted by molar-refractivity contribution is 0.246. The van der Waals surface area contributed by atoms with E-state index in [1.54, 1.807) is 19.9 Å². The van der Waals surface area contributed by atoms with Crippen LogP contribution >= 0.6 is 0 Å². The Hall–Kier alpha value is -3.44. The zero-order chi connectivity index (χ0) is 42.7. The predicted molar refractivity (Wildman–Crippen MR) is 246 cm³/mol. The minimum atomic E-state index is -0.202. The fourth-order valence-corrected chi connectivity index (χ4v) is 5.51. The Morgan fingerprint density at radius 1 is 0.852 bits per heavy atom. The third kappa shape index (κ3) is 29.0. The molecule has 310 valence electrons. The first-order valence-corrected chi connectivity index (χ1v) is 20.4. The minimum Gasteiger partial charge on any atom is -0.385 e. The number of halogens is 1. The van der Waals surface area contributed by atoms with Crippen LogP contribution in [0.4, 0.5) is 4.39 Å². The maximum absolute atomic E-state index is 14.4. The van der Waals surface area contributed by atoms with E-state index in [1.807, 2.05) is 59.0 Å². The average Bonchev–Trinajstić information content (AvgIpc) is 3.16. The molecule has 0 aromatic heterocycles. The molecule has 4 N–H and O–H groups in total. The number of nitrogens with one attached hydrogen (secondary N) is 4. The molecular weight excluding hydrogens is 664 g/mol. The lowest BCUT2D eigenvalue weighted by Crippen LogP contribution is -2.46. The van der Waals surface area contributed by atoms with Gasteiger partial charge in [0.15, 0.2) is 0 Å². The SMILES string of the molecule is C=C.C=C.C=CC(CCCCCCCCC(C)C)=C(C=C)CC(C)(N/C=C(\C)C(=C)NCc1ccc(C)cc1F)C(C)CCC(C)NC.CC.CC(C)=N. The summed E-state index contributed by atoms with van der Waals surface area (Å²) in [5, 5.41) is 17.0. The number of unbranched alkanes of at least 4 members (excludes halogenated alkanes) is 5. The third-order valence-corrected chi connectivity index (χ3v) is 9.35. The Bertz CT molecular complexity index is 1200. The van der Waals surface area contributed by atoms with E-state index in [0.717, 1.165) is 48.4 Å². The molecule has 1 rings (SSSR count). The number of hydrogen-bond donors (Lipinski definition) is 4. The smallest absolute Gasteiger partial charge is 0.128 e. The van der Waals surface area contributed by atoms with Gasteiger partial charge in [-0.15, -0.1) is 26.3 Å². The van der Waals surface area contributed by atoms with Crippen LogP contribution in [0.5, 0.6) is 0 Å². The van der Waals surface area contributed by atoms with E-state index < -0.39 is 0 Å². The Morgan fingerprint density at radius 2 is 1.37 bits per heavy atom. The number of aryl methyl sites for hydroxylation is 1. The van der Waals surface area contributed by atoms with Crippen molar-refractivity contribution in [2.24, 2.45) is 11.8 Å². The molecule has 0 spiro atoms.